The molecule has 0 amide bonds. The van der Waals surface area contributed by atoms with Gasteiger partial charge in [0.25, 0.3) is 0 Å². The molecule has 178 valence electrons. The zero-order valence-electron chi connectivity index (χ0n) is 19.8. The van der Waals surface area contributed by atoms with Crippen LogP contribution in [-0.2, 0) is 20.9 Å². The molecule has 0 unspecified atom stereocenters. The van der Waals surface area contributed by atoms with Crippen molar-refractivity contribution >= 4 is 23.5 Å². The average Bonchev–Trinajstić information content (AvgIpc) is 2.85. The van der Waals surface area contributed by atoms with Crippen LogP contribution in [0.25, 0.3) is 0 Å². The van der Waals surface area contributed by atoms with Gasteiger partial charge in [-0.3, -0.25) is 4.79 Å². The van der Waals surface area contributed by atoms with Crippen molar-refractivity contribution in [2.45, 2.75) is 45.6 Å². The maximum Gasteiger partial charge on any atom is 0.336 e. The van der Waals surface area contributed by atoms with Crippen LogP contribution < -0.4 is 10.1 Å². The number of ketones is 1. The van der Waals surface area contributed by atoms with Crippen molar-refractivity contribution in [3.8, 4) is 5.75 Å². The van der Waals surface area contributed by atoms with Crippen molar-refractivity contribution in [2.24, 2.45) is 0 Å². The molecule has 0 radical (unpaired) electrons. The van der Waals surface area contributed by atoms with E-state index in [1.54, 1.807) is 11.8 Å². The van der Waals surface area contributed by atoms with Crippen molar-refractivity contribution in [2.75, 3.05) is 18.1 Å². The van der Waals surface area contributed by atoms with Gasteiger partial charge < -0.3 is 14.8 Å². The smallest absolute Gasteiger partial charge is 0.336 e. The van der Waals surface area contributed by atoms with Crippen LogP contribution >= 0.6 is 11.8 Å². The topological polar surface area (TPSA) is 64.6 Å². The molecule has 1 aliphatic heterocycles. The molecule has 6 heteroatoms. The number of esters is 1. The number of ether oxygens (including phenoxy) is 2. The Bertz CT molecular complexity index is 1110. The van der Waals surface area contributed by atoms with Crippen molar-refractivity contribution in [1.29, 1.82) is 0 Å². The number of hydrogen-bond donors (Lipinski definition) is 1. The van der Waals surface area contributed by atoms with Crippen molar-refractivity contribution in [1.82, 2.24) is 5.32 Å². The van der Waals surface area contributed by atoms with Crippen LogP contribution in [0.2, 0.25) is 0 Å². The predicted octanol–water partition coefficient (Wildman–Crippen LogP) is 5.53. The van der Waals surface area contributed by atoms with Crippen molar-refractivity contribution in [3.05, 3.63) is 88.3 Å². The number of allylic oxidation sites excluding steroid dienone is 3. The summed E-state index contributed by atoms with van der Waals surface area (Å²) in [5.41, 5.74) is 4.81. The van der Waals surface area contributed by atoms with E-state index in [0.29, 0.717) is 36.5 Å². The van der Waals surface area contributed by atoms with Crippen molar-refractivity contribution in [3.63, 3.8) is 0 Å². The number of carbonyl (C=O) groups is 2. The first-order valence-electron chi connectivity index (χ1n) is 11.8. The van der Waals surface area contributed by atoms with Gasteiger partial charge in [-0.1, -0.05) is 49.4 Å². The van der Waals surface area contributed by atoms with Crippen LogP contribution in [0.3, 0.4) is 0 Å². The van der Waals surface area contributed by atoms with Crippen LogP contribution in [0.15, 0.2) is 77.1 Å². The Balaban J connectivity index is 1.64. The molecule has 1 atom stereocenters. The third kappa shape index (κ3) is 5.55. The standard InChI is InChI=1S/C28H31NO4S/c1-3-34-16-15-32-28(31)25-19(2)29-23-13-8-14-24(30)27(23)26(25)21-11-7-12-22(17-21)33-18-20-9-5-4-6-10-20/h4-7,9-12,17,26,29H,3,8,13-16,18H2,1-2H3/t26-/m0/s1. The van der Waals surface area contributed by atoms with Gasteiger partial charge in [-0.2, -0.15) is 11.8 Å². The molecular formula is C28H31NO4S. The van der Waals surface area contributed by atoms with Gasteiger partial charge in [-0.25, -0.2) is 4.79 Å². The monoisotopic (exact) mass is 477 g/mol. The number of rotatable bonds is 9. The van der Waals surface area contributed by atoms with Gasteiger partial charge in [0.2, 0.25) is 0 Å². The van der Waals surface area contributed by atoms with Crippen LogP contribution in [0, 0.1) is 0 Å². The Morgan fingerprint density at radius 1 is 1.12 bits per heavy atom. The molecule has 2 aromatic rings. The summed E-state index contributed by atoms with van der Waals surface area (Å²) in [6, 6.07) is 17.7. The van der Waals surface area contributed by atoms with Crippen molar-refractivity contribution < 1.29 is 19.1 Å². The number of benzene rings is 2. The Morgan fingerprint density at radius 2 is 1.94 bits per heavy atom. The molecule has 0 aromatic heterocycles. The lowest BCUT2D eigenvalue weighted by atomic mass is 9.75. The first-order chi connectivity index (χ1) is 16.6. The zero-order valence-corrected chi connectivity index (χ0v) is 20.6. The van der Waals surface area contributed by atoms with Gasteiger partial charge in [0.05, 0.1) is 5.57 Å². The fourth-order valence-corrected chi connectivity index (χ4v) is 5.02. The second-order valence-electron chi connectivity index (χ2n) is 8.45. The van der Waals surface area contributed by atoms with E-state index in [9.17, 15) is 9.59 Å². The van der Waals surface area contributed by atoms with Crippen LogP contribution in [-0.4, -0.2) is 29.9 Å². The zero-order chi connectivity index (χ0) is 23.9. The highest BCUT2D eigenvalue weighted by atomic mass is 32.2. The lowest BCUT2D eigenvalue weighted by Crippen LogP contribution is -2.34. The largest absolute Gasteiger partial charge is 0.489 e. The summed E-state index contributed by atoms with van der Waals surface area (Å²) in [5.74, 6) is 1.69. The highest BCUT2D eigenvalue weighted by Crippen LogP contribution is 2.43. The maximum atomic E-state index is 13.2. The molecule has 1 aliphatic carbocycles. The van der Waals surface area contributed by atoms with E-state index in [-0.39, 0.29) is 11.8 Å². The van der Waals surface area contributed by atoms with E-state index in [2.05, 4.69) is 12.2 Å². The van der Waals surface area contributed by atoms with E-state index >= 15 is 0 Å². The molecule has 0 spiro atoms. The molecule has 1 heterocycles. The molecule has 2 aliphatic rings. The SMILES string of the molecule is CCSCCOC(=O)C1=C(C)NC2=C(C(=O)CCC2)[C@H]1c1cccc(OCc2ccccc2)c1. The molecule has 0 saturated heterocycles. The fourth-order valence-electron chi connectivity index (χ4n) is 4.53. The third-order valence-corrected chi connectivity index (χ3v) is 6.96. The third-order valence-electron chi connectivity index (χ3n) is 6.10. The van der Waals surface area contributed by atoms with Crippen LogP contribution in [0.4, 0.5) is 0 Å². The summed E-state index contributed by atoms with van der Waals surface area (Å²) < 4.78 is 11.7. The van der Waals surface area contributed by atoms with Crippen LogP contribution in [0.1, 0.15) is 50.2 Å². The number of nitrogens with one attached hydrogen (secondary N) is 1. The van der Waals surface area contributed by atoms with E-state index < -0.39 is 5.92 Å². The predicted molar refractivity (Wildman–Crippen MR) is 136 cm³/mol. The Kier molecular flexibility index (Phi) is 8.12. The van der Waals surface area contributed by atoms with Gasteiger partial charge in [0, 0.05) is 35.1 Å². The second kappa shape index (κ2) is 11.4. The quantitative estimate of drug-likeness (QED) is 0.378. The van der Waals surface area contributed by atoms with Gasteiger partial charge in [0.15, 0.2) is 5.78 Å². The molecule has 34 heavy (non-hydrogen) atoms. The van der Waals surface area contributed by atoms with Gasteiger partial charge in [-0.15, -0.1) is 0 Å². The Hall–Kier alpha value is -2.99. The van der Waals surface area contributed by atoms with Gasteiger partial charge in [0.1, 0.15) is 19.0 Å². The molecule has 0 fully saturated rings. The summed E-state index contributed by atoms with van der Waals surface area (Å²) in [4.78, 5) is 26.3. The lowest BCUT2D eigenvalue weighted by molar-refractivity contribution is -0.138. The number of thioether (sulfide) groups is 1. The maximum absolute atomic E-state index is 13.2. The molecule has 0 saturated carbocycles. The van der Waals surface area contributed by atoms with Crippen LogP contribution in [0.5, 0.6) is 5.75 Å². The number of dihydropyridines is 1. The number of carbonyl (C=O) groups excluding carboxylic acids is 2. The van der Waals surface area contributed by atoms with Gasteiger partial charge >= 0.3 is 5.97 Å². The highest BCUT2D eigenvalue weighted by molar-refractivity contribution is 7.99. The Morgan fingerprint density at radius 3 is 2.74 bits per heavy atom. The molecule has 1 N–H and O–H groups in total. The summed E-state index contributed by atoms with van der Waals surface area (Å²) in [7, 11) is 0. The summed E-state index contributed by atoms with van der Waals surface area (Å²) in [5, 5.41) is 3.34. The first kappa shape index (κ1) is 24.1. The summed E-state index contributed by atoms with van der Waals surface area (Å²) in [6.45, 7) is 4.77. The first-order valence-corrected chi connectivity index (χ1v) is 13.0. The second-order valence-corrected chi connectivity index (χ2v) is 9.84. The van der Waals surface area contributed by atoms with E-state index in [1.807, 2.05) is 61.5 Å². The Labute approximate surface area is 205 Å². The molecule has 0 bridgehead atoms. The number of hydrogen-bond acceptors (Lipinski definition) is 6. The minimum atomic E-state index is -0.462. The fraction of sp³-hybridized carbons (Fsp3) is 0.357. The summed E-state index contributed by atoms with van der Waals surface area (Å²) >= 11 is 1.73. The van der Waals surface area contributed by atoms with E-state index in [4.69, 9.17) is 9.47 Å². The molecule has 5 nitrogen and oxygen atoms in total. The minimum Gasteiger partial charge on any atom is -0.489 e. The van der Waals surface area contributed by atoms with E-state index in [0.717, 1.165) is 46.9 Å². The normalized spacial score (nSPS) is 17.8. The summed E-state index contributed by atoms with van der Waals surface area (Å²) in [6.07, 6.45) is 2.11. The van der Waals surface area contributed by atoms with E-state index in [1.165, 1.54) is 0 Å². The minimum absolute atomic E-state index is 0.0914. The highest BCUT2D eigenvalue weighted by Gasteiger charge is 2.39. The molecule has 4 rings (SSSR count). The number of Topliss-reactive ketones (excluding diaryl/α,β-unsaturated/α-hetero) is 1. The van der Waals surface area contributed by atoms with Gasteiger partial charge in [-0.05, 0) is 48.8 Å². The lowest BCUT2D eigenvalue weighted by Gasteiger charge is -2.34. The molecule has 2 aromatic carbocycles. The average molecular weight is 478 g/mol. The molecular weight excluding hydrogens is 446 g/mol.